The average molecular weight is 375 g/mol. The molecule has 28 heavy (non-hydrogen) atoms. The molecule has 0 radical (unpaired) electrons. The van der Waals surface area contributed by atoms with Gasteiger partial charge >= 0.3 is 0 Å². The molecule has 142 valence electrons. The molecule has 0 spiro atoms. The van der Waals surface area contributed by atoms with E-state index in [4.69, 9.17) is 15.2 Å². The van der Waals surface area contributed by atoms with Crippen LogP contribution in [0.3, 0.4) is 0 Å². The Hall–Kier alpha value is -3.80. The second-order valence-corrected chi connectivity index (χ2v) is 5.96. The van der Waals surface area contributed by atoms with E-state index < -0.39 is 0 Å². The van der Waals surface area contributed by atoms with E-state index in [1.54, 1.807) is 38.6 Å². The molecule has 0 saturated carbocycles. The zero-order valence-corrected chi connectivity index (χ0v) is 15.7. The number of anilines is 2. The normalized spacial score (nSPS) is 10.6. The average Bonchev–Trinajstić information content (AvgIpc) is 2.74. The molecule has 3 aromatic rings. The fraction of sp³-hybridized carbons (Fsp3) is 0.0909. The molecule has 1 aromatic heterocycles. The summed E-state index contributed by atoms with van der Waals surface area (Å²) in [5.74, 6) is 1.04. The molecule has 0 atom stereocenters. The van der Waals surface area contributed by atoms with Crippen LogP contribution in [0.25, 0.3) is 17.3 Å². The lowest BCUT2D eigenvalue weighted by molar-refractivity contribution is -0.111. The van der Waals surface area contributed by atoms with E-state index >= 15 is 0 Å². The monoisotopic (exact) mass is 375 g/mol. The summed E-state index contributed by atoms with van der Waals surface area (Å²) >= 11 is 0. The highest BCUT2D eigenvalue weighted by molar-refractivity contribution is 6.03. The van der Waals surface area contributed by atoms with Crippen molar-refractivity contribution in [2.75, 3.05) is 25.3 Å². The highest BCUT2D eigenvalue weighted by Gasteiger charge is 2.07. The number of nitrogen functional groups attached to an aromatic ring is 1. The standard InChI is InChI=1S/C22H21N3O3/c1-27-20-11-9-16(13-21(20)28-2)18-10-7-15(14-24-18)8-12-22(26)25-19-6-4-3-5-17(19)23/h3-14H,23H2,1-2H3,(H,25,26)/b12-8+. The predicted octanol–water partition coefficient (Wildman–Crippen LogP) is 4.00. The van der Waals surface area contributed by atoms with Gasteiger partial charge < -0.3 is 20.5 Å². The van der Waals surface area contributed by atoms with Crippen molar-refractivity contribution in [2.45, 2.75) is 0 Å². The van der Waals surface area contributed by atoms with Gasteiger partial charge in [0.15, 0.2) is 11.5 Å². The number of aromatic nitrogens is 1. The van der Waals surface area contributed by atoms with E-state index in [1.165, 1.54) is 6.08 Å². The maximum Gasteiger partial charge on any atom is 0.248 e. The molecule has 6 nitrogen and oxygen atoms in total. The number of ether oxygens (including phenoxy) is 2. The third-order valence-corrected chi connectivity index (χ3v) is 4.11. The zero-order chi connectivity index (χ0) is 19.9. The van der Waals surface area contributed by atoms with Gasteiger partial charge in [0.1, 0.15) is 0 Å². The molecule has 3 N–H and O–H groups in total. The summed E-state index contributed by atoms with van der Waals surface area (Å²) in [6.07, 6.45) is 4.84. The minimum absolute atomic E-state index is 0.262. The summed E-state index contributed by atoms with van der Waals surface area (Å²) in [6.45, 7) is 0. The molecular formula is C22H21N3O3. The number of rotatable bonds is 6. The molecule has 1 heterocycles. The van der Waals surface area contributed by atoms with E-state index in [-0.39, 0.29) is 5.91 Å². The van der Waals surface area contributed by atoms with E-state index in [2.05, 4.69) is 10.3 Å². The quantitative estimate of drug-likeness (QED) is 0.502. The second kappa shape index (κ2) is 8.73. The lowest BCUT2D eigenvalue weighted by Gasteiger charge is -2.09. The first kappa shape index (κ1) is 19.0. The first-order valence-corrected chi connectivity index (χ1v) is 8.62. The first-order chi connectivity index (χ1) is 13.6. The first-order valence-electron chi connectivity index (χ1n) is 8.62. The Labute approximate surface area is 163 Å². The topological polar surface area (TPSA) is 86.5 Å². The Morgan fingerprint density at radius 2 is 1.82 bits per heavy atom. The molecule has 0 unspecified atom stereocenters. The van der Waals surface area contributed by atoms with Gasteiger partial charge in [0.2, 0.25) is 5.91 Å². The zero-order valence-electron chi connectivity index (χ0n) is 15.7. The van der Waals surface area contributed by atoms with Crippen LogP contribution in [0.1, 0.15) is 5.56 Å². The molecule has 0 aliphatic carbocycles. The van der Waals surface area contributed by atoms with E-state index in [1.807, 2.05) is 42.5 Å². The van der Waals surface area contributed by atoms with Gasteiger partial charge in [0, 0.05) is 17.8 Å². The van der Waals surface area contributed by atoms with Crippen LogP contribution in [0.2, 0.25) is 0 Å². The Kier molecular flexibility index (Phi) is 5.91. The number of methoxy groups -OCH3 is 2. The largest absolute Gasteiger partial charge is 0.493 e. The van der Waals surface area contributed by atoms with Gasteiger partial charge in [0.25, 0.3) is 0 Å². The summed E-state index contributed by atoms with van der Waals surface area (Å²) in [5, 5.41) is 2.74. The number of pyridine rings is 1. The van der Waals surface area contributed by atoms with Gasteiger partial charge in [-0.1, -0.05) is 18.2 Å². The van der Waals surface area contributed by atoms with Crippen LogP contribution in [0, 0.1) is 0 Å². The smallest absolute Gasteiger partial charge is 0.248 e. The maximum atomic E-state index is 12.1. The van der Waals surface area contributed by atoms with Gasteiger partial charge in [0.05, 0.1) is 31.3 Å². The van der Waals surface area contributed by atoms with Crippen LogP contribution in [0.15, 0.2) is 66.9 Å². The maximum absolute atomic E-state index is 12.1. The number of para-hydroxylation sites is 2. The van der Waals surface area contributed by atoms with Crippen LogP contribution in [0.4, 0.5) is 11.4 Å². The van der Waals surface area contributed by atoms with Crippen molar-refractivity contribution < 1.29 is 14.3 Å². The molecule has 6 heteroatoms. The van der Waals surface area contributed by atoms with Gasteiger partial charge in [-0.05, 0) is 48.0 Å². The van der Waals surface area contributed by atoms with Crippen molar-refractivity contribution in [1.82, 2.24) is 4.98 Å². The summed E-state index contributed by atoms with van der Waals surface area (Å²) in [4.78, 5) is 16.5. The highest BCUT2D eigenvalue weighted by Crippen LogP contribution is 2.31. The lowest BCUT2D eigenvalue weighted by atomic mass is 10.1. The number of nitrogens with two attached hydrogens (primary N) is 1. The van der Waals surface area contributed by atoms with Gasteiger partial charge in [-0.15, -0.1) is 0 Å². The number of carbonyl (C=O) groups excluding carboxylic acids is 1. The molecule has 3 rings (SSSR count). The van der Waals surface area contributed by atoms with E-state index in [0.29, 0.717) is 22.9 Å². The number of benzene rings is 2. The van der Waals surface area contributed by atoms with Crippen molar-refractivity contribution in [3.8, 4) is 22.8 Å². The van der Waals surface area contributed by atoms with Crippen molar-refractivity contribution in [3.05, 3.63) is 72.4 Å². The van der Waals surface area contributed by atoms with Crippen molar-refractivity contribution in [1.29, 1.82) is 0 Å². The lowest BCUT2D eigenvalue weighted by Crippen LogP contribution is -2.09. The fourth-order valence-corrected chi connectivity index (χ4v) is 2.63. The molecular weight excluding hydrogens is 354 g/mol. The van der Waals surface area contributed by atoms with Crippen LogP contribution in [0.5, 0.6) is 11.5 Å². The number of nitrogens with one attached hydrogen (secondary N) is 1. The number of hydrogen-bond acceptors (Lipinski definition) is 5. The minimum atomic E-state index is -0.262. The summed E-state index contributed by atoms with van der Waals surface area (Å²) in [7, 11) is 3.19. The molecule has 2 aromatic carbocycles. The van der Waals surface area contributed by atoms with Gasteiger partial charge in [-0.2, -0.15) is 0 Å². The number of amides is 1. The Morgan fingerprint density at radius 3 is 2.50 bits per heavy atom. The third kappa shape index (κ3) is 4.48. The highest BCUT2D eigenvalue weighted by atomic mass is 16.5. The fourth-order valence-electron chi connectivity index (χ4n) is 2.63. The third-order valence-electron chi connectivity index (χ3n) is 4.11. The summed E-state index contributed by atoms with van der Waals surface area (Å²) in [5.41, 5.74) is 9.43. The van der Waals surface area contributed by atoms with Crippen molar-refractivity contribution >= 4 is 23.4 Å². The molecule has 1 amide bonds. The molecule has 0 bridgehead atoms. The minimum Gasteiger partial charge on any atom is -0.493 e. The molecule has 0 fully saturated rings. The van der Waals surface area contributed by atoms with Gasteiger partial charge in [-0.3, -0.25) is 9.78 Å². The molecule has 0 saturated heterocycles. The summed E-state index contributed by atoms with van der Waals surface area (Å²) in [6, 6.07) is 16.5. The van der Waals surface area contributed by atoms with Crippen molar-refractivity contribution in [2.24, 2.45) is 0 Å². The SMILES string of the molecule is COc1ccc(-c2ccc(/C=C/C(=O)Nc3ccccc3N)cn2)cc1OC. The number of nitrogens with zero attached hydrogens (tertiary/aromatic N) is 1. The van der Waals surface area contributed by atoms with E-state index in [9.17, 15) is 4.79 Å². The van der Waals surface area contributed by atoms with E-state index in [0.717, 1.165) is 16.8 Å². The predicted molar refractivity (Wildman–Crippen MR) is 111 cm³/mol. The molecule has 0 aliphatic rings. The van der Waals surface area contributed by atoms with Crippen LogP contribution in [-0.4, -0.2) is 25.1 Å². The van der Waals surface area contributed by atoms with Crippen LogP contribution >= 0.6 is 0 Å². The van der Waals surface area contributed by atoms with Gasteiger partial charge in [-0.25, -0.2) is 0 Å². The Balaban J connectivity index is 1.70. The van der Waals surface area contributed by atoms with Crippen LogP contribution < -0.4 is 20.5 Å². The number of carbonyl (C=O) groups is 1. The van der Waals surface area contributed by atoms with Crippen LogP contribution in [-0.2, 0) is 4.79 Å². The second-order valence-electron chi connectivity index (χ2n) is 5.96. The Bertz CT molecular complexity index is 998. The number of hydrogen-bond donors (Lipinski definition) is 2. The molecule has 0 aliphatic heterocycles. The Morgan fingerprint density at radius 1 is 1.04 bits per heavy atom. The van der Waals surface area contributed by atoms with Crippen molar-refractivity contribution in [3.63, 3.8) is 0 Å². The summed E-state index contributed by atoms with van der Waals surface area (Å²) < 4.78 is 10.6.